The third-order valence-corrected chi connectivity index (χ3v) is 4.14. The fraction of sp³-hybridized carbons (Fsp3) is 0.455. The number of rotatable bonds is 7. The van der Waals surface area contributed by atoms with Gasteiger partial charge in [0.05, 0.1) is 6.67 Å². The zero-order valence-corrected chi connectivity index (χ0v) is 16.8. The van der Waals surface area contributed by atoms with E-state index >= 15 is 0 Å². The molecule has 0 amide bonds. The molecule has 2 heteroatoms. The van der Waals surface area contributed by atoms with Crippen molar-refractivity contribution >= 4 is 5.69 Å². The number of hydrogen-bond donors (Lipinski definition) is 1. The molecule has 0 heterocycles. The van der Waals surface area contributed by atoms with Crippen LogP contribution in [0.1, 0.15) is 51.3 Å². The van der Waals surface area contributed by atoms with Gasteiger partial charge in [-0.05, 0) is 72.1 Å². The highest BCUT2D eigenvalue weighted by Crippen LogP contribution is 2.26. The second-order valence-corrected chi connectivity index (χ2v) is 6.99. The van der Waals surface area contributed by atoms with Gasteiger partial charge in [-0.15, -0.1) is 0 Å². The number of nitrogens with one attached hydrogen (secondary N) is 1. The van der Waals surface area contributed by atoms with Crippen molar-refractivity contribution in [1.29, 1.82) is 0 Å². The molecule has 1 rings (SSSR count). The first-order chi connectivity index (χ1) is 11.2. The van der Waals surface area contributed by atoms with E-state index in [9.17, 15) is 0 Å². The van der Waals surface area contributed by atoms with Gasteiger partial charge in [-0.3, -0.25) is 0 Å². The number of benzene rings is 1. The molecule has 0 aliphatic heterocycles. The number of hydrogen-bond acceptors (Lipinski definition) is 2. The zero-order chi connectivity index (χ0) is 18.4. The minimum Gasteiger partial charge on any atom is -0.368 e. The Morgan fingerprint density at radius 3 is 2.04 bits per heavy atom. The van der Waals surface area contributed by atoms with Crippen molar-refractivity contribution in [3.8, 4) is 0 Å². The van der Waals surface area contributed by atoms with Crippen LogP contribution in [0.4, 0.5) is 5.69 Å². The highest BCUT2D eigenvalue weighted by Gasteiger charge is 2.12. The van der Waals surface area contributed by atoms with E-state index in [1.807, 2.05) is 6.92 Å². The van der Waals surface area contributed by atoms with Crippen LogP contribution in [0.5, 0.6) is 0 Å². The van der Waals surface area contributed by atoms with Gasteiger partial charge < -0.3 is 10.2 Å². The fourth-order valence-corrected chi connectivity index (χ4v) is 3.35. The summed E-state index contributed by atoms with van der Waals surface area (Å²) in [6.45, 7) is 23.0. The van der Waals surface area contributed by atoms with Crippen molar-refractivity contribution in [2.24, 2.45) is 0 Å². The molecule has 0 saturated carbocycles. The van der Waals surface area contributed by atoms with Crippen LogP contribution in [0.25, 0.3) is 0 Å². The van der Waals surface area contributed by atoms with Gasteiger partial charge in [-0.1, -0.05) is 41.5 Å². The molecule has 0 aliphatic carbocycles. The molecule has 132 valence electrons. The second kappa shape index (κ2) is 8.77. The molecular formula is C22H34N2. The van der Waals surface area contributed by atoms with E-state index in [4.69, 9.17) is 0 Å². The van der Waals surface area contributed by atoms with Crippen LogP contribution in [-0.4, -0.2) is 13.2 Å². The first-order valence-corrected chi connectivity index (χ1v) is 8.75. The fourth-order valence-electron chi connectivity index (χ4n) is 3.35. The van der Waals surface area contributed by atoms with Gasteiger partial charge in [0, 0.05) is 17.9 Å². The maximum atomic E-state index is 3.99. The van der Waals surface area contributed by atoms with Gasteiger partial charge in [0.1, 0.15) is 0 Å². The van der Waals surface area contributed by atoms with Crippen LogP contribution in [0.3, 0.4) is 0 Å². The largest absolute Gasteiger partial charge is 0.368 e. The smallest absolute Gasteiger partial charge is 0.0876 e. The quantitative estimate of drug-likeness (QED) is 0.503. The van der Waals surface area contributed by atoms with Crippen molar-refractivity contribution in [3.63, 3.8) is 0 Å². The van der Waals surface area contributed by atoms with E-state index in [2.05, 4.69) is 83.5 Å². The Labute approximate surface area is 149 Å². The molecule has 0 aliphatic rings. The second-order valence-electron chi connectivity index (χ2n) is 6.99. The predicted octanol–water partition coefficient (Wildman–Crippen LogP) is 5.80. The highest BCUT2D eigenvalue weighted by atomic mass is 15.2. The third-order valence-electron chi connectivity index (χ3n) is 4.14. The summed E-state index contributed by atoms with van der Waals surface area (Å²) in [5.74, 6) is 0. The Morgan fingerprint density at radius 1 is 1.08 bits per heavy atom. The zero-order valence-electron chi connectivity index (χ0n) is 16.8. The number of anilines is 1. The van der Waals surface area contributed by atoms with Crippen LogP contribution < -0.4 is 10.2 Å². The summed E-state index contributed by atoms with van der Waals surface area (Å²) in [7, 11) is 0. The monoisotopic (exact) mass is 326 g/mol. The van der Waals surface area contributed by atoms with E-state index < -0.39 is 0 Å². The topological polar surface area (TPSA) is 15.3 Å². The summed E-state index contributed by atoms with van der Waals surface area (Å²) in [4.78, 5) is 2.40. The Morgan fingerprint density at radius 2 is 1.62 bits per heavy atom. The van der Waals surface area contributed by atoms with Crippen LogP contribution in [0.2, 0.25) is 0 Å². The average molecular weight is 327 g/mol. The van der Waals surface area contributed by atoms with Crippen molar-refractivity contribution in [3.05, 3.63) is 63.9 Å². The average Bonchev–Trinajstić information content (AvgIpc) is 2.43. The third kappa shape index (κ3) is 5.30. The summed E-state index contributed by atoms with van der Waals surface area (Å²) in [6, 6.07) is 4.53. The summed E-state index contributed by atoms with van der Waals surface area (Å²) in [5, 5.41) is 3.64. The summed E-state index contributed by atoms with van der Waals surface area (Å²) in [5.41, 5.74) is 10.1. The van der Waals surface area contributed by atoms with Crippen LogP contribution in [-0.2, 0) is 0 Å². The lowest BCUT2D eigenvalue weighted by atomic mass is 10.0. The first kappa shape index (κ1) is 20.1. The normalized spacial score (nSPS) is 11.2. The Balaban J connectivity index is 3.05. The molecule has 0 aromatic heterocycles. The van der Waals surface area contributed by atoms with E-state index in [-0.39, 0.29) is 0 Å². The molecule has 0 atom stereocenters. The van der Waals surface area contributed by atoms with Gasteiger partial charge in [0.25, 0.3) is 0 Å². The maximum absolute atomic E-state index is 3.99. The number of nitrogens with zero attached hydrogens (tertiary/aromatic N) is 1. The maximum Gasteiger partial charge on any atom is 0.0876 e. The summed E-state index contributed by atoms with van der Waals surface area (Å²) < 4.78 is 0. The van der Waals surface area contributed by atoms with Gasteiger partial charge in [-0.25, -0.2) is 0 Å². The van der Waals surface area contributed by atoms with Gasteiger partial charge in [-0.2, -0.15) is 0 Å². The van der Waals surface area contributed by atoms with E-state index in [0.717, 1.165) is 18.8 Å². The number of aryl methyl sites for hydroxylation is 3. The van der Waals surface area contributed by atoms with Gasteiger partial charge >= 0.3 is 0 Å². The van der Waals surface area contributed by atoms with Crippen molar-refractivity contribution in [1.82, 2.24) is 5.32 Å². The molecule has 2 nitrogen and oxygen atoms in total. The minimum atomic E-state index is 0.795. The SMILES string of the molecule is C=C(C)/C=C(/C)C(NCN(CC)c1c(C)cc(C)cc1C)=C(C)C. The molecule has 1 N–H and O–H groups in total. The van der Waals surface area contributed by atoms with Crippen LogP contribution >= 0.6 is 0 Å². The molecule has 1 aromatic carbocycles. The molecule has 0 fully saturated rings. The summed E-state index contributed by atoms with van der Waals surface area (Å²) >= 11 is 0. The van der Waals surface area contributed by atoms with Crippen molar-refractivity contribution < 1.29 is 0 Å². The van der Waals surface area contributed by atoms with Crippen LogP contribution in [0.15, 0.2) is 47.2 Å². The molecule has 0 unspecified atom stereocenters. The van der Waals surface area contributed by atoms with E-state index in [1.54, 1.807) is 0 Å². The van der Waals surface area contributed by atoms with Gasteiger partial charge in [0.2, 0.25) is 0 Å². The predicted molar refractivity (Wildman–Crippen MR) is 109 cm³/mol. The van der Waals surface area contributed by atoms with Crippen molar-refractivity contribution in [2.75, 3.05) is 18.1 Å². The molecular weight excluding hydrogens is 292 g/mol. The van der Waals surface area contributed by atoms with E-state index in [1.165, 1.54) is 39.2 Å². The molecule has 24 heavy (non-hydrogen) atoms. The lowest BCUT2D eigenvalue weighted by Gasteiger charge is -2.29. The first-order valence-electron chi connectivity index (χ1n) is 8.75. The lowest BCUT2D eigenvalue weighted by molar-refractivity contribution is 0.726. The van der Waals surface area contributed by atoms with Crippen LogP contribution in [0, 0.1) is 20.8 Å². The molecule has 0 spiro atoms. The molecule has 0 saturated heterocycles. The summed E-state index contributed by atoms with van der Waals surface area (Å²) in [6.07, 6.45) is 2.13. The Bertz CT molecular complexity index is 636. The van der Waals surface area contributed by atoms with E-state index in [0.29, 0.717) is 0 Å². The molecule has 0 bridgehead atoms. The standard InChI is InChI=1S/C22H34N2/c1-10-24(22-19(8)12-17(6)13-20(22)9)14-23-21(16(4)5)18(7)11-15(2)3/h11-13,23H,2,10,14H2,1,3-9H3/b18-11-. The molecule has 0 radical (unpaired) electrons. The lowest BCUT2D eigenvalue weighted by Crippen LogP contribution is -2.35. The highest BCUT2D eigenvalue weighted by molar-refractivity contribution is 5.60. The molecule has 1 aromatic rings. The van der Waals surface area contributed by atoms with Crippen molar-refractivity contribution in [2.45, 2.75) is 55.4 Å². The van der Waals surface area contributed by atoms with Gasteiger partial charge in [0.15, 0.2) is 0 Å². The minimum absolute atomic E-state index is 0.795. The Hall–Kier alpha value is -1.96. The Kier molecular flexibility index (Phi) is 7.34. The number of allylic oxidation sites excluding steroid dienone is 4.